The number of carbonyl (C=O) groups is 2. The molecule has 2 aromatic carbocycles. The van der Waals surface area contributed by atoms with Gasteiger partial charge in [-0.15, -0.1) is 0 Å². The van der Waals surface area contributed by atoms with Crippen LogP contribution in [-0.2, 0) is 11.0 Å². The van der Waals surface area contributed by atoms with Crippen LogP contribution in [0.3, 0.4) is 0 Å². The average molecular weight is 535 g/mol. The van der Waals surface area contributed by atoms with E-state index >= 15 is 0 Å². The molecular formula is C21H16F7N5O4. The Kier molecular flexibility index (Phi) is 9.18. The van der Waals surface area contributed by atoms with Crippen LogP contribution in [0.5, 0.6) is 11.6 Å². The predicted molar refractivity (Wildman–Crippen MR) is 116 cm³/mol. The number of benzene rings is 2. The summed E-state index contributed by atoms with van der Waals surface area (Å²) >= 11 is 0. The van der Waals surface area contributed by atoms with Gasteiger partial charge in [-0.05, 0) is 30.3 Å². The zero-order chi connectivity index (χ0) is 27.8. The summed E-state index contributed by atoms with van der Waals surface area (Å²) in [4.78, 5) is 28.7. The maximum atomic E-state index is 14.3. The van der Waals surface area contributed by atoms with E-state index in [4.69, 9.17) is 14.6 Å². The summed E-state index contributed by atoms with van der Waals surface area (Å²) in [5, 5.41) is 14.5. The molecule has 0 fully saturated rings. The molecule has 3 rings (SSSR count). The van der Waals surface area contributed by atoms with Crippen LogP contribution in [0, 0.1) is 5.82 Å². The maximum absolute atomic E-state index is 14.3. The van der Waals surface area contributed by atoms with Crippen molar-refractivity contribution in [2.75, 3.05) is 23.0 Å². The summed E-state index contributed by atoms with van der Waals surface area (Å²) in [6.07, 6.45) is -8.38. The van der Waals surface area contributed by atoms with E-state index in [0.29, 0.717) is 5.82 Å². The number of halogens is 7. The molecule has 0 aliphatic heterocycles. The minimum absolute atomic E-state index is 0.0631. The van der Waals surface area contributed by atoms with Crippen molar-refractivity contribution in [1.29, 1.82) is 0 Å². The van der Waals surface area contributed by atoms with Gasteiger partial charge in [-0.25, -0.2) is 23.9 Å². The van der Waals surface area contributed by atoms with Crippen LogP contribution in [0.1, 0.15) is 5.56 Å². The van der Waals surface area contributed by atoms with E-state index in [1.54, 1.807) is 7.05 Å². The summed E-state index contributed by atoms with van der Waals surface area (Å²) in [5.74, 6) is -3.09. The lowest BCUT2D eigenvalue weighted by Gasteiger charge is -2.12. The summed E-state index contributed by atoms with van der Waals surface area (Å²) < 4.78 is 89.6. The predicted octanol–water partition coefficient (Wildman–Crippen LogP) is 5.75. The Balaban J connectivity index is 0.000000604. The number of hydrogen-bond acceptors (Lipinski definition) is 6. The third kappa shape index (κ3) is 9.15. The van der Waals surface area contributed by atoms with Gasteiger partial charge in [0.25, 0.3) is 0 Å². The number of rotatable bonds is 5. The maximum Gasteiger partial charge on any atom is 0.490 e. The van der Waals surface area contributed by atoms with Crippen molar-refractivity contribution in [3.8, 4) is 11.6 Å². The summed E-state index contributed by atoms with van der Waals surface area (Å²) in [6.45, 7) is 0. The lowest BCUT2D eigenvalue weighted by Crippen LogP contribution is -2.21. The first-order valence-electron chi connectivity index (χ1n) is 9.71. The van der Waals surface area contributed by atoms with E-state index in [9.17, 15) is 35.5 Å². The van der Waals surface area contributed by atoms with Crippen molar-refractivity contribution >= 4 is 29.2 Å². The second kappa shape index (κ2) is 11.9. The minimum atomic E-state index is -5.08. The topological polar surface area (TPSA) is 125 Å². The molecule has 4 N–H and O–H groups in total. The summed E-state index contributed by atoms with van der Waals surface area (Å²) in [6, 6.07) is 8.41. The van der Waals surface area contributed by atoms with Gasteiger partial charge in [-0.3, -0.25) is 0 Å². The number of urea groups is 1. The molecule has 16 heteroatoms. The molecule has 0 saturated carbocycles. The van der Waals surface area contributed by atoms with Gasteiger partial charge in [-0.1, -0.05) is 6.07 Å². The Morgan fingerprint density at radius 2 is 1.54 bits per heavy atom. The molecule has 0 aliphatic rings. The molecule has 3 aromatic rings. The van der Waals surface area contributed by atoms with E-state index in [0.717, 1.165) is 24.3 Å². The van der Waals surface area contributed by atoms with Crippen molar-refractivity contribution in [3.63, 3.8) is 0 Å². The number of alkyl halides is 6. The smallest absolute Gasteiger partial charge is 0.475 e. The van der Waals surface area contributed by atoms with Crippen LogP contribution in [0.4, 0.5) is 52.7 Å². The van der Waals surface area contributed by atoms with E-state index in [2.05, 4.69) is 25.9 Å². The largest absolute Gasteiger partial charge is 0.490 e. The van der Waals surface area contributed by atoms with Crippen LogP contribution < -0.4 is 20.7 Å². The first-order valence-corrected chi connectivity index (χ1v) is 9.71. The van der Waals surface area contributed by atoms with Crippen molar-refractivity contribution in [1.82, 2.24) is 9.97 Å². The molecule has 0 spiro atoms. The molecule has 1 aromatic heterocycles. The fourth-order valence-electron chi connectivity index (χ4n) is 2.37. The number of carboxylic acid groups (broad SMARTS) is 1. The number of amides is 2. The van der Waals surface area contributed by atoms with Crippen LogP contribution in [0.25, 0.3) is 0 Å². The highest BCUT2D eigenvalue weighted by molar-refractivity contribution is 5.99. The molecular weight excluding hydrogens is 519 g/mol. The molecule has 2 amide bonds. The van der Waals surface area contributed by atoms with Gasteiger partial charge in [0.1, 0.15) is 12.1 Å². The van der Waals surface area contributed by atoms with Crippen molar-refractivity contribution < 1.29 is 50.2 Å². The molecule has 9 nitrogen and oxygen atoms in total. The molecule has 0 saturated heterocycles. The van der Waals surface area contributed by atoms with E-state index < -0.39 is 35.7 Å². The molecule has 198 valence electrons. The summed E-state index contributed by atoms with van der Waals surface area (Å²) in [5.41, 5.74) is -0.895. The lowest BCUT2D eigenvalue weighted by atomic mass is 10.2. The van der Waals surface area contributed by atoms with Crippen LogP contribution in [0.2, 0.25) is 0 Å². The van der Waals surface area contributed by atoms with E-state index in [1.165, 1.54) is 30.6 Å². The Bertz CT molecular complexity index is 1250. The monoisotopic (exact) mass is 535 g/mol. The first-order chi connectivity index (χ1) is 17.2. The molecule has 37 heavy (non-hydrogen) atoms. The molecule has 0 bridgehead atoms. The summed E-state index contributed by atoms with van der Waals surface area (Å²) in [7, 11) is 1.65. The van der Waals surface area contributed by atoms with Crippen LogP contribution in [-0.4, -0.2) is 40.3 Å². The SMILES string of the molecule is CNc1cc(Oc2ccc(NC(=O)Nc3cccc(C(F)(F)F)c3)cc2F)ncn1.O=C(O)C(F)(F)F. The van der Waals surface area contributed by atoms with Gasteiger partial charge in [-0.2, -0.15) is 26.3 Å². The van der Waals surface area contributed by atoms with E-state index in [1.807, 2.05) is 0 Å². The third-order valence-electron chi connectivity index (χ3n) is 3.99. The number of ether oxygens (including phenoxy) is 1. The van der Waals surface area contributed by atoms with Crippen molar-refractivity contribution in [2.45, 2.75) is 12.4 Å². The average Bonchev–Trinajstić information content (AvgIpc) is 2.80. The quantitative estimate of drug-likeness (QED) is 0.307. The highest BCUT2D eigenvalue weighted by Crippen LogP contribution is 2.31. The van der Waals surface area contributed by atoms with Crippen LogP contribution >= 0.6 is 0 Å². The van der Waals surface area contributed by atoms with Crippen LogP contribution in [0.15, 0.2) is 54.9 Å². The van der Waals surface area contributed by atoms with Gasteiger partial charge < -0.3 is 25.8 Å². The van der Waals surface area contributed by atoms with Crippen molar-refractivity contribution in [2.24, 2.45) is 0 Å². The minimum Gasteiger partial charge on any atom is -0.475 e. The third-order valence-corrected chi connectivity index (χ3v) is 3.99. The fourth-order valence-corrected chi connectivity index (χ4v) is 2.37. The number of aliphatic carboxylic acids is 1. The Morgan fingerprint density at radius 3 is 2.08 bits per heavy atom. The van der Waals surface area contributed by atoms with Gasteiger partial charge in [0.2, 0.25) is 5.88 Å². The highest BCUT2D eigenvalue weighted by atomic mass is 19.4. The molecule has 0 aliphatic carbocycles. The Labute approximate surface area is 203 Å². The standard InChI is InChI=1S/C19H15F4N5O2.C2HF3O2/c1-24-16-9-17(26-10-25-16)30-15-6-5-13(8-14(15)20)28-18(29)27-12-4-2-3-11(7-12)19(21,22)23;3-2(4,5)1(6)7/h2-10H,1H3,(H,24,25,26)(H2,27,28,29);(H,6,7). The fraction of sp³-hybridized carbons (Fsp3) is 0.143. The van der Waals surface area contributed by atoms with Gasteiger partial charge in [0, 0.05) is 30.6 Å². The van der Waals surface area contributed by atoms with Gasteiger partial charge >= 0.3 is 24.4 Å². The number of nitrogens with one attached hydrogen (secondary N) is 3. The molecule has 0 unspecified atom stereocenters. The van der Waals surface area contributed by atoms with Gasteiger partial charge in [0.15, 0.2) is 11.6 Å². The second-order valence-corrected chi connectivity index (χ2v) is 6.70. The normalized spacial score (nSPS) is 11.0. The number of nitrogens with zero attached hydrogens (tertiary/aromatic N) is 2. The molecule has 0 atom stereocenters. The number of carboxylic acids is 1. The zero-order valence-electron chi connectivity index (χ0n) is 18.4. The Morgan fingerprint density at radius 1 is 0.919 bits per heavy atom. The highest BCUT2D eigenvalue weighted by Gasteiger charge is 2.38. The first kappa shape index (κ1) is 28.6. The van der Waals surface area contributed by atoms with Gasteiger partial charge in [0.05, 0.1) is 5.56 Å². The molecule has 1 heterocycles. The second-order valence-electron chi connectivity index (χ2n) is 6.70. The molecule has 0 radical (unpaired) electrons. The number of hydrogen-bond donors (Lipinski definition) is 4. The van der Waals surface area contributed by atoms with E-state index in [-0.39, 0.29) is 23.0 Å². The number of aromatic nitrogens is 2. The van der Waals surface area contributed by atoms with Crippen molar-refractivity contribution in [3.05, 3.63) is 66.2 Å². The zero-order valence-corrected chi connectivity index (χ0v) is 18.4. The lowest BCUT2D eigenvalue weighted by molar-refractivity contribution is -0.192. The Hall–Kier alpha value is -4.63. The number of carbonyl (C=O) groups excluding carboxylic acids is 1. The number of anilines is 3.